The maximum atomic E-state index is 14.5. The molecule has 11 heteroatoms. The van der Waals surface area contributed by atoms with Crippen LogP contribution < -0.4 is 19.2 Å². The molecule has 1 aliphatic rings. The number of aryl methyl sites for hydroxylation is 1. The summed E-state index contributed by atoms with van der Waals surface area (Å²) in [5, 5.41) is 3.90. The van der Waals surface area contributed by atoms with Gasteiger partial charge in [0, 0.05) is 10.0 Å². The van der Waals surface area contributed by atoms with Gasteiger partial charge in [-0.25, -0.2) is 18.2 Å². The van der Waals surface area contributed by atoms with Gasteiger partial charge >= 0.3 is 0 Å². The van der Waals surface area contributed by atoms with E-state index < -0.39 is 28.3 Å². The normalized spacial score (nSPS) is 12.7. The lowest BCUT2D eigenvalue weighted by molar-refractivity contribution is -0.119. The number of hydrogen-bond donors (Lipinski definition) is 1. The summed E-state index contributed by atoms with van der Waals surface area (Å²) in [6, 6.07) is 14.8. The summed E-state index contributed by atoms with van der Waals surface area (Å²) >= 11 is 3.38. The standard InChI is InChI=1S/C23H19BrFN3O5S/c1-15-6-8-17(9-7-15)34(30,31)28(20-5-3-2-4-19(20)25)13-23(29)27-26-12-16-10-21-22(11-18(16)24)33-14-32-21/h2-12H,13-14H2,1H3,(H,27,29)/b26-12-. The molecule has 0 saturated heterocycles. The van der Waals surface area contributed by atoms with Crippen LogP contribution in [0.1, 0.15) is 11.1 Å². The molecule has 1 amide bonds. The number of hydrogen-bond acceptors (Lipinski definition) is 6. The van der Waals surface area contributed by atoms with Crippen LogP contribution in [0.15, 0.2) is 75.1 Å². The summed E-state index contributed by atoms with van der Waals surface area (Å²) in [6.07, 6.45) is 1.37. The van der Waals surface area contributed by atoms with E-state index in [-0.39, 0.29) is 17.4 Å². The van der Waals surface area contributed by atoms with Crippen molar-refractivity contribution in [2.45, 2.75) is 11.8 Å². The maximum Gasteiger partial charge on any atom is 0.264 e. The number of hydrazone groups is 1. The van der Waals surface area contributed by atoms with Gasteiger partial charge in [-0.15, -0.1) is 0 Å². The Hall–Kier alpha value is -3.44. The summed E-state index contributed by atoms with van der Waals surface area (Å²) in [6.45, 7) is 1.24. The number of ether oxygens (including phenoxy) is 2. The molecule has 1 aliphatic heterocycles. The lowest BCUT2D eigenvalue weighted by atomic mass is 10.2. The monoisotopic (exact) mass is 547 g/mol. The molecule has 0 saturated carbocycles. The molecule has 34 heavy (non-hydrogen) atoms. The zero-order valence-corrected chi connectivity index (χ0v) is 20.3. The second kappa shape index (κ2) is 9.82. The molecule has 0 radical (unpaired) electrons. The number of amides is 1. The van der Waals surface area contributed by atoms with Crippen molar-refractivity contribution in [2.75, 3.05) is 17.6 Å². The first-order chi connectivity index (χ1) is 16.3. The van der Waals surface area contributed by atoms with E-state index in [0.29, 0.717) is 25.8 Å². The van der Waals surface area contributed by atoms with Gasteiger partial charge in [0.15, 0.2) is 11.5 Å². The largest absolute Gasteiger partial charge is 0.454 e. The molecule has 0 aliphatic carbocycles. The van der Waals surface area contributed by atoms with Gasteiger partial charge in [0.05, 0.1) is 16.8 Å². The van der Waals surface area contributed by atoms with Crippen molar-refractivity contribution in [1.29, 1.82) is 0 Å². The summed E-state index contributed by atoms with van der Waals surface area (Å²) in [4.78, 5) is 12.6. The third-order valence-corrected chi connectivity index (χ3v) is 7.36. The number of nitrogens with one attached hydrogen (secondary N) is 1. The summed E-state index contributed by atoms with van der Waals surface area (Å²) in [5.74, 6) is -0.424. The zero-order valence-electron chi connectivity index (χ0n) is 17.9. The topological polar surface area (TPSA) is 97.3 Å². The maximum absolute atomic E-state index is 14.5. The molecule has 176 valence electrons. The highest BCUT2D eigenvalue weighted by atomic mass is 79.9. The van der Waals surface area contributed by atoms with Gasteiger partial charge in [-0.3, -0.25) is 9.10 Å². The molecule has 0 unspecified atom stereocenters. The Morgan fingerprint density at radius 2 is 1.82 bits per heavy atom. The van der Waals surface area contributed by atoms with E-state index >= 15 is 0 Å². The van der Waals surface area contributed by atoms with Crippen molar-refractivity contribution in [3.63, 3.8) is 0 Å². The third kappa shape index (κ3) is 5.05. The van der Waals surface area contributed by atoms with Crippen LogP contribution in [0.3, 0.4) is 0 Å². The van der Waals surface area contributed by atoms with Crippen LogP contribution in [0.4, 0.5) is 10.1 Å². The van der Waals surface area contributed by atoms with Crippen molar-refractivity contribution in [1.82, 2.24) is 5.43 Å². The molecule has 0 bridgehead atoms. The van der Waals surface area contributed by atoms with Crippen molar-refractivity contribution < 1.29 is 27.1 Å². The zero-order chi connectivity index (χ0) is 24.3. The molecule has 1 N–H and O–H groups in total. The van der Waals surface area contributed by atoms with E-state index in [9.17, 15) is 17.6 Å². The third-order valence-electron chi connectivity index (χ3n) is 4.90. The molecule has 8 nitrogen and oxygen atoms in total. The number of carbonyl (C=O) groups excluding carboxylic acids is 1. The molecule has 0 aromatic heterocycles. The Kier molecular flexibility index (Phi) is 6.85. The van der Waals surface area contributed by atoms with Gasteiger partial charge in [-0.2, -0.15) is 5.10 Å². The van der Waals surface area contributed by atoms with E-state index in [2.05, 4.69) is 26.5 Å². The van der Waals surface area contributed by atoms with Gasteiger partial charge in [-0.1, -0.05) is 29.8 Å². The van der Waals surface area contributed by atoms with E-state index in [1.54, 1.807) is 24.3 Å². The van der Waals surface area contributed by atoms with E-state index in [1.165, 1.54) is 36.5 Å². The fourth-order valence-corrected chi connectivity index (χ4v) is 5.02. The smallest absolute Gasteiger partial charge is 0.264 e. The average molecular weight is 548 g/mol. The summed E-state index contributed by atoms with van der Waals surface area (Å²) < 4.78 is 53.1. The number of nitrogens with zero attached hydrogens (tertiary/aromatic N) is 2. The lowest BCUT2D eigenvalue weighted by Gasteiger charge is -2.24. The molecule has 0 atom stereocenters. The molecule has 1 heterocycles. The first-order valence-corrected chi connectivity index (χ1v) is 12.2. The van der Waals surface area contributed by atoms with Gasteiger partial charge in [0.2, 0.25) is 6.79 Å². The minimum absolute atomic E-state index is 0.0676. The van der Waals surface area contributed by atoms with Crippen LogP contribution in [0, 0.1) is 12.7 Å². The lowest BCUT2D eigenvalue weighted by Crippen LogP contribution is -2.40. The molecule has 4 rings (SSSR count). The molecular formula is C23H19BrFN3O5S. The summed E-state index contributed by atoms with van der Waals surface area (Å²) in [7, 11) is -4.24. The molecule has 3 aromatic carbocycles. The van der Waals surface area contributed by atoms with Crippen LogP contribution in [-0.2, 0) is 14.8 Å². The Bertz CT molecular complexity index is 1360. The first-order valence-electron chi connectivity index (χ1n) is 10.0. The van der Waals surface area contributed by atoms with Crippen LogP contribution in [0.2, 0.25) is 0 Å². The highest BCUT2D eigenvalue weighted by Crippen LogP contribution is 2.36. The predicted octanol–water partition coefficient (Wildman–Crippen LogP) is 3.97. The van der Waals surface area contributed by atoms with Crippen LogP contribution in [-0.4, -0.2) is 33.9 Å². The van der Waals surface area contributed by atoms with Gasteiger partial charge < -0.3 is 9.47 Å². The second-order valence-corrected chi connectivity index (χ2v) is 10.0. The highest BCUT2D eigenvalue weighted by Gasteiger charge is 2.29. The number of fused-ring (bicyclic) bond motifs is 1. The number of rotatable bonds is 7. The number of carbonyl (C=O) groups is 1. The molecule has 0 spiro atoms. The quantitative estimate of drug-likeness (QED) is 0.356. The van der Waals surface area contributed by atoms with Gasteiger partial charge in [0.25, 0.3) is 15.9 Å². The van der Waals surface area contributed by atoms with Crippen molar-refractivity contribution in [3.8, 4) is 11.5 Å². The Morgan fingerprint density at radius 1 is 1.15 bits per heavy atom. The Balaban J connectivity index is 1.56. The van der Waals surface area contributed by atoms with Gasteiger partial charge in [-0.05, 0) is 59.3 Å². The summed E-state index contributed by atoms with van der Waals surface area (Å²) in [5.41, 5.74) is 3.50. The van der Waals surface area contributed by atoms with E-state index in [0.717, 1.165) is 11.6 Å². The minimum Gasteiger partial charge on any atom is -0.454 e. The number of benzene rings is 3. The second-order valence-electron chi connectivity index (χ2n) is 7.30. The first kappa shape index (κ1) is 23.7. The van der Waals surface area contributed by atoms with E-state index in [4.69, 9.17) is 9.47 Å². The van der Waals surface area contributed by atoms with Crippen molar-refractivity contribution in [3.05, 3.63) is 82.1 Å². The Labute approximate surface area is 204 Å². The fourth-order valence-electron chi connectivity index (χ4n) is 3.16. The fraction of sp³-hybridized carbons (Fsp3) is 0.130. The predicted molar refractivity (Wildman–Crippen MR) is 128 cm³/mol. The SMILES string of the molecule is Cc1ccc(S(=O)(=O)N(CC(=O)N/N=C\c2cc3c(cc2Br)OCO3)c2ccccc2F)cc1. The highest BCUT2D eigenvalue weighted by molar-refractivity contribution is 9.10. The average Bonchev–Trinajstić information content (AvgIpc) is 3.25. The number of anilines is 1. The van der Waals surface area contributed by atoms with Gasteiger partial charge in [0.1, 0.15) is 12.4 Å². The van der Waals surface area contributed by atoms with Crippen molar-refractivity contribution in [2.24, 2.45) is 5.10 Å². The minimum atomic E-state index is -4.24. The molecule has 3 aromatic rings. The Morgan fingerprint density at radius 3 is 2.53 bits per heavy atom. The van der Waals surface area contributed by atoms with E-state index in [1.807, 2.05) is 6.92 Å². The number of para-hydroxylation sites is 1. The van der Waals surface area contributed by atoms with Crippen LogP contribution >= 0.6 is 15.9 Å². The number of halogens is 2. The van der Waals surface area contributed by atoms with Crippen molar-refractivity contribution >= 4 is 43.8 Å². The molecular weight excluding hydrogens is 529 g/mol. The molecule has 0 fully saturated rings. The van der Waals surface area contributed by atoms with Crippen LogP contribution in [0.5, 0.6) is 11.5 Å². The number of sulfonamides is 1. The van der Waals surface area contributed by atoms with Crippen LogP contribution in [0.25, 0.3) is 0 Å².